The Hall–Kier alpha value is -3.56. The lowest BCUT2D eigenvalue weighted by Crippen LogP contribution is -2.23. The molecule has 3 aromatic rings. The van der Waals surface area contributed by atoms with Gasteiger partial charge < -0.3 is 14.3 Å². The third-order valence-corrected chi connectivity index (χ3v) is 4.51. The molecule has 30 heavy (non-hydrogen) atoms. The van der Waals surface area contributed by atoms with Crippen LogP contribution >= 0.6 is 0 Å². The predicted molar refractivity (Wildman–Crippen MR) is 101 cm³/mol. The van der Waals surface area contributed by atoms with Gasteiger partial charge in [0.15, 0.2) is 5.60 Å². The first-order valence-corrected chi connectivity index (χ1v) is 8.94. The Morgan fingerprint density at radius 1 is 1.07 bits per heavy atom. The summed E-state index contributed by atoms with van der Waals surface area (Å²) < 4.78 is 48.2. The Labute approximate surface area is 169 Å². The second kappa shape index (κ2) is 7.36. The number of oxime groups is 1. The number of benzene rings is 1. The van der Waals surface area contributed by atoms with Gasteiger partial charge in [-0.05, 0) is 36.8 Å². The Morgan fingerprint density at radius 3 is 2.40 bits per heavy atom. The molecule has 1 aromatic carbocycles. The number of nitrogens with zero attached hydrogens (tertiary/aromatic N) is 4. The van der Waals surface area contributed by atoms with Gasteiger partial charge in [0.2, 0.25) is 5.90 Å². The van der Waals surface area contributed by atoms with Crippen LogP contribution in [0, 0.1) is 0 Å². The molecule has 0 amide bonds. The van der Waals surface area contributed by atoms with Gasteiger partial charge in [0.1, 0.15) is 11.5 Å². The number of ether oxygens (including phenoxy) is 2. The lowest BCUT2D eigenvalue weighted by Gasteiger charge is -2.21. The Morgan fingerprint density at radius 2 is 1.80 bits per heavy atom. The van der Waals surface area contributed by atoms with E-state index in [0.29, 0.717) is 23.6 Å². The third-order valence-electron chi connectivity index (χ3n) is 4.51. The number of alkyl halides is 3. The maximum atomic E-state index is 12.3. The summed E-state index contributed by atoms with van der Waals surface area (Å²) in [6.07, 6.45) is 0.711. The third kappa shape index (κ3) is 4.37. The van der Waals surface area contributed by atoms with Gasteiger partial charge in [-0.25, -0.2) is 0 Å². The molecule has 2 aromatic heterocycles. The van der Waals surface area contributed by atoms with E-state index in [9.17, 15) is 13.2 Å². The highest BCUT2D eigenvalue weighted by Gasteiger charge is 2.38. The van der Waals surface area contributed by atoms with E-state index in [1.807, 2.05) is 13.2 Å². The summed E-state index contributed by atoms with van der Waals surface area (Å²) in [5.41, 5.74) is 1.42. The molecule has 1 aliphatic rings. The summed E-state index contributed by atoms with van der Waals surface area (Å²) in [6, 6.07) is 9.04. The van der Waals surface area contributed by atoms with Crippen LogP contribution in [0.3, 0.4) is 0 Å². The van der Waals surface area contributed by atoms with Crippen LogP contribution in [0.25, 0.3) is 11.3 Å². The van der Waals surface area contributed by atoms with Crippen molar-refractivity contribution >= 4 is 5.90 Å². The summed E-state index contributed by atoms with van der Waals surface area (Å²) in [5.74, 6) is 0.525. The molecule has 3 heterocycles. The van der Waals surface area contributed by atoms with Gasteiger partial charge in [-0.3, -0.25) is 9.67 Å². The zero-order valence-electron chi connectivity index (χ0n) is 16.1. The fraction of sp³-hybridized carbons (Fsp3) is 0.250. The van der Waals surface area contributed by atoms with Crippen molar-refractivity contribution in [3.8, 4) is 22.8 Å². The SMILES string of the molecule is Cn1cc(-c2ccc(OC3=NO[C@@](C)(c4ccc(OC(F)(F)F)cc4)C3)cn2)cn1. The molecule has 7 nitrogen and oxygen atoms in total. The minimum absolute atomic E-state index is 0.301. The molecule has 156 valence electrons. The van der Waals surface area contributed by atoms with Gasteiger partial charge in [-0.15, -0.1) is 13.2 Å². The topological polar surface area (TPSA) is 70.8 Å². The van der Waals surface area contributed by atoms with Gasteiger partial charge in [-0.1, -0.05) is 17.3 Å². The lowest BCUT2D eigenvalue weighted by atomic mass is 9.93. The zero-order chi connectivity index (χ0) is 21.4. The predicted octanol–water partition coefficient (Wildman–Crippen LogP) is 4.41. The molecule has 0 radical (unpaired) electrons. The number of aryl methyl sites for hydroxylation is 1. The van der Waals surface area contributed by atoms with E-state index < -0.39 is 12.0 Å². The number of rotatable bonds is 4. The first kappa shape index (κ1) is 19.7. The van der Waals surface area contributed by atoms with Gasteiger partial charge in [-0.2, -0.15) is 5.10 Å². The number of aromatic nitrogens is 3. The second-order valence-electron chi connectivity index (χ2n) is 6.94. The number of hydrogen-bond acceptors (Lipinski definition) is 6. The van der Waals surface area contributed by atoms with E-state index in [1.165, 1.54) is 24.3 Å². The van der Waals surface area contributed by atoms with Crippen molar-refractivity contribution in [2.24, 2.45) is 12.2 Å². The van der Waals surface area contributed by atoms with Crippen LogP contribution in [-0.2, 0) is 17.5 Å². The van der Waals surface area contributed by atoms with Crippen molar-refractivity contribution < 1.29 is 27.5 Å². The van der Waals surface area contributed by atoms with Crippen molar-refractivity contribution in [3.05, 3.63) is 60.6 Å². The van der Waals surface area contributed by atoms with Crippen molar-refractivity contribution in [3.63, 3.8) is 0 Å². The van der Waals surface area contributed by atoms with Crippen LogP contribution in [0.5, 0.6) is 11.5 Å². The van der Waals surface area contributed by atoms with Gasteiger partial charge in [0, 0.05) is 18.8 Å². The Kier molecular flexibility index (Phi) is 4.84. The van der Waals surface area contributed by atoms with Crippen LogP contribution in [-0.4, -0.2) is 27.0 Å². The highest BCUT2D eigenvalue weighted by molar-refractivity contribution is 5.80. The molecule has 0 aliphatic carbocycles. The smallest absolute Gasteiger partial charge is 0.438 e. The largest absolute Gasteiger partial charge is 0.573 e. The van der Waals surface area contributed by atoms with Gasteiger partial charge in [0.25, 0.3) is 0 Å². The number of halogens is 3. The summed E-state index contributed by atoms with van der Waals surface area (Å²) in [6.45, 7) is 1.77. The molecule has 0 N–H and O–H groups in total. The van der Waals surface area contributed by atoms with Crippen LogP contribution in [0.15, 0.2) is 60.1 Å². The Balaban J connectivity index is 1.40. The number of hydrogen-bond donors (Lipinski definition) is 0. The van der Waals surface area contributed by atoms with E-state index in [-0.39, 0.29) is 5.75 Å². The van der Waals surface area contributed by atoms with E-state index in [1.54, 1.807) is 36.1 Å². The molecule has 0 spiro atoms. The Bertz CT molecular complexity index is 1060. The normalized spacial score (nSPS) is 18.6. The molecule has 0 saturated carbocycles. The average Bonchev–Trinajstić information content (AvgIpc) is 3.28. The molecule has 0 unspecified atom stereocenters. The van der Waals surface area contributed by atoms with Crippen molar-refractivity contribution in [2.75, 3.05) is 0 Å². The lowest BCUT2D eigenvalue weighted by molar-refractivity contribution is -0.274. The first-order chi connectivity index (χ1) is 14.2. The van der Waals surface area contributed by atoms with Crippen molar-refractivity contribution in [1.82, 2.24) is 14.8 Å². The van der Waals surface area contributed by atoms with Crippen LogP contribution in [0.1, 0.15) is 18.9 Å². The summed E-state index contributed by atoms with van der Waals surface area (Å²) in [4.78, 5) is 9.87. The van der Waals surface area contributed by atoms with Gasteiger partial charge in [0.05, 0.1) is 24.5 Å². The van der Waals surface area contributed by atoms with Crippen LogP contribution in [0.4, 0.5) is 13.2 Å². The summed E-state index contributed by atoms with van der Waals surface area (Å²) in [5, 5.41) is 8.08. The van der Waals surface area contributed by atoms with Gasteiger partial charge >= 0.3 is 6.36 Å². The summed E-state index contributed by atoms with van der Waals surface area (Å²) in [7, 11) is 1.83. The molecule has 0 fully saturated rings. The fourth-order valence-corrected chi connectivity index (χ4v) is 3.02. The molecule has 1 atom stereocenters. The standard InChI is InChI=1S/C20H17F3N4O3/c1-19(14-3-5-15(6-4-14)29-20(21,22)23)9-18(26-30-19)28-16-7-8-17(24-11-16)13-10-25-27(2)12-13/h3-8,10-12H,9H2,1-2H3/t19-/m1/s1. The second-order valence-corrected chi connectivity index (χ2v) is 6.94. The molecule has 0 saturated heterocycles. The van der Waals surface area contributed by atoms with E-state index in [2.05, 4.69) is 20.0 Å². The monoisotopic (exact) mass is 418 g/mol. The van der Waals surface area contributed by atoms with E-state index in [0.717, 1.165) is 11.3 Å². The number of pyridine rings is 1. The van der Waals surface area contributed by atoms with Crippen molar-refractivity contribution in [1.29, 1.82) is 0 Å². The highest BCUT2D eigenvalue weighted by Crippen LogP contribution is 2.36. The quantitative estimate of drug-likeness (QED) is 0.628. The van der Waals surface area contributed by atoms with Crippen LogP contribution < -0.4 is 9.47 Å². The molecular formula is C20H17F3N4O3. The van der Waals surface area contributed by atoms with Crippen molar-refractivity contribution in [2.45, 2.75) is 25.3 Å². The van der Waals surface area contributed by atoms with E-state index in [4.69, 9.17) is 9.57 Å². The molecule has 10 heteroatoms. The molecule has 4 rings (SSSR count). The first-order valence-electron chi connectivity index (χ1n) is 8.94. The zero-order valence-corrected chi connectivity index (χ0v) is 16.1. The summed E-state index contributed by atoms with van der Waals surface area (Å²) >= 11 is 0. The van der Waals surface area contributed by atoms with Crippen LogP contribution in [0.2, 0.25) is 0 Å². The average molecular weight is 418 g/mol. The maximum Gasteiger partial charge on any atom is 0.573 e. The molecular weight excluding hydrogens is 401 g/mol. The molecule has 0 bridgehead atoms. The fourth-order valence-electron chi connectivity index (χ4n) is 3.02. The highest BCUT2D eigenvalue weighted by atomic mass is 19.4. The maximum absolute atomic E-state index is 12.3. The minimum atomic E-state index is -4.74. The minimum Gasteiger partial charge on any atom is -0.438 e. The molecule has 1 aliphatic heterocycles. The van der Waals surface area contributed by atoms with E-state index >= 15 is 0 Å².